The zero-order valence-corrected chi connectivity index (χ0v) is 15.0. The molecule has 0 fully saturated rings. The molecule has 2 N–H and O–H groups in total. The van der Waals surface area contributed by atoms with Gasteiger partial charge in [0, 0.05) is 16.3 Å². The van der Waals surface area contributed by atoms with E-state index < -0.39 is 17.6 Å². The van der Waals surface area contributed by atoms with Crippen LogP contribution in [0, 0.1) is 0 Å². The van der Waals surface area contributed by atoms with Crippen LogP contribution in [0.25, 0.3) is 0 Å². The molecule has 0 radical (unpaired) electrons. The molecular formula is C17H14Cl2F3N3O. The van der Waals surface area contributed by atoms with Crippen molar-refractivity contribution in [3.8, 4) is 0 Å². The lowest BCUT2D eigenvalue weighted by Crippen LogP contribution is -2.26. The molecule has 2 rings (SSSR count). The van der Waals surface area contributed by atoms with Gasteiger partial charge in [-0.25, -0.2) is 5.43 Å². The summed E-state index contributed by atoms with van der Waals surface area (Å²) >= 11 is 11.9. The summed E-state index contributed by atoms with van der Waals surface area (Å²) in [6.45, 7) is 1.40. The first-order chi connectivity index (χ1) is 12.2. The minimum atomic E-state index is -4.45. The fourth-order valence-electron chi connectivity index (χ4n) is 2.02. The Balaban J connectivity index is 1.95. The third-order valence-corrected chi connectivity index (χ3v) is 3.86. The quantitative estimate of drug-likeness (QED) is 0.547. The predicted molar refractivity (Wildman–Crippen MR) is 96.7 cm³/mol. The van der Waals surface area contributed by atoms with Crippen LogP contribution in [0.5, 0.6) is 0 Å². The summed E-state index contributed by atoms with van der Waals surface area (Å²) in [4.78, 5) is 11.8. The number of anilines is 1. The molecule has 0 unspecified atom stereocenters. The normalized spacial score (nSPS) is 12.0. The molecule has 0 saturated carbocycles. The van der Waals surface area contributed by atoms with E-state index in [0.29, 0.717) is 21.3 Å². The molecule has 0 atom stereocenters. The van der Waals surface area contributed by atoms with E-state index in [-0.39, 0.29) is 12.2 Å². The van der Waals surface area contributed by atoms with Gasteiger partial charge in [0.25, 0.3) is 5.91 Å². The van der Waals surface area contributed by atoms with Gasteiger partial charge in [0.2, 0.25) is 0 Å². The number of carbonyl (C=O) groups excluding carboxylic acids is 1. The summed E-state index contributed by atoms with van der Waals surface area (Å²) in [7, 11) is 0. The van der Waals surface area contributed by atoms with E-state index in [1.807, 2.05) is 0 Å². The highest BCUT2D eigenvalue weighted by molar-refractivity contribution is 6.37. The topological polar surface area (TPSA) is 53.5 Å². The highest BCUT2D eigenvalue weighted by Crippen LogP contribution is 2.30. The Bertz CT molecular complexity index is 838. The number of rotatable bonds is 5. The van der Waals surface area contributed by atoms with Gasteiger partial charge in [-0.05, 0) is 37.3 Å². The first kappa shape index (κ1) is 20.1. The lowest BCUT2D eigenvalue weighted by atomic mass is 10.1. The van der Waals surface area contributed by atoms with Crippen molar-refractivity contribution in [2.45, 2.75) is 13.1 Å². The van der Waals surface area contributed by atoms with Crippen LogP contribution in [-0.2, 0) is 11.0 Å². The molecule has 4 nitrogen and oxygen atoms in total. The number of halogens is 5. The maximum absolute atomic E-state index is 12.7. The van der Waals surface area contributed by atoms with E-state index in [2.05, 4.69) is 15.8 Å². The molecular weight excluding hydrogens is 390 g/mol. The summed E-state index contributed by atoms with van der Waals surface area (Å²) in [5.74, 6) is -0.521. The molecule has 0 saturated heterocycles. The second kappa shape index (κ2) is 8.42. The highest BCUT2D eigenvalue weighted by Gasteiger charge is 2.30. The Kier molecular flexibility index (Phi) is 6.50. The van der Waals surface area contributed by atoms with Crippen LogP contribution in [0.1, 0.15) is 18.1 Å². The summed E-state index contributed by atoms with van der Waals surface area (Å²) in [6, 6.07) is 9.42. The number of hydrazone groups is 1. The number of hydrogen-bond donors (Lipinski definition) is 2. The first-order valence-electron chi connectivity index (χ1n) is 7.36. The molecule has 0 aliphatic rings. The standard InChI is InChI=1S/C17H14Cl2F3N3O/c1-10(14-6-5-12(18)8-15(14)19)24-25-16(26)9-23-13-4-2-3-11(7-13)17(20,21)22/h2-8,23H,9H2,1H3,(H,25,26)/b24-10+. The molecule has 0 spiro atoms. The van der Waals surface area contributed by atoms with Crippen LogP contribution in [0.4, 0.5) is 18.9 Å². The van der Waals surface area contributed by atoms with Crippen LogP contribution in [-0.4, -0.2) is 18.2 Å². The number of amides is 1. The summed E-state index contributed by atoms with van der Waals surface area (Å²) in [6.07, 6.45) is -4.45. The predicted octanol–water partition coefficient (Wildman–Crippen LogP) is 4.96. The minimum absolute atomic E-state index is 0.177. The molecule has 9 heteroatoms. The van der Waals surface area contributed by atoms with Crippen molar-refractivity contribution >= 4 is 40.5 Å². The maximum Gasteiger partial charge on any atom is 0.416 e. The van der Waals surface area contributed by atoms with Crippen molar-refractivity contribution in [2.24, 2.45) is 5.10 Å². The Morgan fingerprint density at radius 2 is 1.88 bits per heavy atom. The molecule has 2 aromatic carbocycles. The van der Waals surface area contributed by atoms with Crippen LogP contribution >= 0.6 is 23.2 Å². The number of nitrogens with one attached hydrogen (secondary N) is 2. The lowest BCUT2D eigenvalue weighted by molar-refractivity contribution is -0.137. The van der Waals surface area contributed by atoms with Crippen LogP contribution in [0.3, 0.4) is 0 Å². The zero-order valence-electron chi connectivity index (χ0n) is 13.5. The van der Waals surface area contributed by atoms with Crippen LogP contribution in [0.2, 0.25) is 10.0 Å². The molecule has 138 valence electrons. The molecule has 0 aliphatic carbocycles. The van der Waals surface area contributed by atoms with Crippen molar-refractivity contribution < 1.29 is 18.0 Å². The molecule has 0 bridgehead atoms. The van der Waals surface area contributed by atoms with Gasteiger partial charge in [0.15, 0.2) is 0 Å². The smallest absolute Gasteiger partial charge is 0.376 e. The second-order valence-corrected chi connectivity index (χ2v) is 6.13. The van der Waals surface area contributed by atoms with Gasteiger partial charge in [0.1, 0.15) is 0 Å². The first-order valence-corrected chi connectivity index (χ1v) is 8.12. The number of hydrogen-bond acceptors (Lipinski definition) is 3. The number of nitrogens with zero attached hydrogens (tertiary/aromatic N) is 1. The van der Waals surface area contributed by atoms with Gasteiger partial charge < -0.3 is 5.32 Å². The second-order valence-electron chi connectivity index (χ2n) is 5.29. The largest absolute Gasteiger partial charge is 0.416 e. The summed E-state index contributed by atoms with van der Waals surface area (Å²) < 4.78 is 38.0. The van der Waals surface area contributed by atoms with Crippen molar-refractivity contribution in [1.82, 2.24) is 5.43 Å². The van der Waals surface area contributed by atoms with E-state index in [4.69, 9.17) is 23.2 Å². The monoisotopic (exact) mass is 403 g/mol. The Hall–Kier alpha value is -2.25. The highest BCUT2D eigenvalue weighted by atomic mass is 35.5. The Morgan fingerprint density at radius 1 is 1.15 bits per heavy atom. The zero-order chi connectivity index (χ0) is 19.3. The number of alkyl halides is 3. The lowest BCUT2D eigenvalue weighted by Gasteiger charge is -2.10. The van der Waals surface area contributed by atoms with Crippen molar-refractivity contribution in [3.05, 3.63) is 63.6 Å². The fraction of sp³-hybridized carbons (Fsp3) is 0.176. The molecule has 0 heterocycles. The number of benzene rings is 2. The Labute approximate surface area is 158 Å². The van der Waals surface area contributed by atoms with Gasteiger partial charge in [0.05, 0.1) is 22.8 Å². The third kappa shape index (κ3) is 5.64. The number of carbonyl (C=O) groups is 1. The van der Waals surface area contributed by atoms with Gasteiger partial charge in [-0.1, -0.05) is 35.3 Å². The van der Waals surface area contributed by atoms with Gasteiger partial charge >= 0.3 is 6.18 Å². The van der Waals surface area contributed by atoms with Crippen LogP contribution < -0.4 is 10.7 Å². The molecule has 0 aromatic heterocycles. The van der Waals surface area contributed by atoms with Crippen LogP contribution in [0.15, 0.2) is 47.6 Å². The summed E-state index contributed by atoms with van der Waals surface area (Å²) in [5, 5.41) is 7.40. The van der Waals surface area contributed by atoms with E-state index in [0.717, 1.165) is 12.1 Å². The average Bonchev–Trinajstić information content (AvgIpc) is 2.57. The van der Waals surface area contributed by atoms with E-state index >= 15 is 0 Å². The van der Waals surface area contributed by atoms with E-state index in [1.165, 1.54) is 12.1 Å². The average molecular weight is 404 g/mol. The SMILES string of the molecule is C/C(=N\NC(=O)CNc1cccc(C(F)(F)F)c1)c1ccc(Cl)cc1Cl. The molecule has 2 aromatic rings. The van der Waals surface area contributed by atoms with E-state index in [9.17, 15) is 18.0 Å². The molecule has 0 aliphatic heterocycles. The fourth-order valence-corrected chi connectivity index (χ4v) is 2.56. The molecule has 1 amide bonds. The van der Waals surface area contributed by atoms with Gasteiger partial charge in [-0.3, -0.25) is 4.79 Å². The third-order valence-electron chi connectivity index (χ3n) is 3.31. The Morgan fingerprint density at radius 3 is 2.54 bits per heavy atom. The molecule has 26 heavy (non-hydrogen) atoms. The van der Waals surface area contributed by atoms with Crippen molar-refractivity contribution in [1.29, 1.82) is 0 Å². The van der Waals surface area contributed by atoms with E-state index in [1.54, 1.807) is 25.1 Å². The minimum Gasteiger partial charge on any atom is -0.376 e. The van der Waals surface area contributed by atoms with Gasteiger partial charge in [-0.2, -0.15) is 18.3 Å². The van der Waals surface area contributed by atoms with Crippen molar-refractivity contribution in [2.75, 3.05) is 11.9 Å². The van der Waals surface area contributed by atoms with Crippen molar-refractivity contribution in [3.63, 3.8) is 0 Å². The summed E-state index contributed by atoms with van der Waals surface area (Å²) in [5.41, 5.74) is 2.75. The maximum atomic E-state index is 12.7. The van der Waals surface area contributed by atoms with Gasteiger partial charge in [-0.15, -0.1) is 0 Å².